The Kier molecular flexibility index (Phi) is 2.35. The lowest BCUT2D eigenvalue weighted by Crippen LogP contribution is -2.25. The third-order valence-electron chi connectivity index (χ3n) is 1.19. The van der Waals surface area contributed by atoms with Gasteiger partial charge in [-0.1, -0.05) is 0 Å². The summed E-state index contributed by atoms with van der Waals surface area (Å²) in [5, 5.41) is 0. The van der Waals surface area contributed by atoms with E-state index in [1.807, 2.05) is 0 Å². The first-order valence-electron chi connectivity index (χ1n) is 2.87. The van der Waals surface area contributed by atoms with Gasteiger partial charge in [0.15, 0.2) is 17.5 Å². The zero-order valence-electron chi connectivity index (χ0n) is 5.87. The van der Waals surface area contributed by atoms with E-state index in [1.165, 1.54) is 0 Å². The molecule has 1 rings (SSSR count). The van der Waals surface area contributed by atoms with Crippen LogP contribution >= 0.6 is 0 Å². The van der Waals surface area contributed by atoms with Crippen molar-refractivity contribution in [2.45, 2.75) is 5.44 Å². The fourth-order valence-corrected chi connectivity index (χ4v) is 1.21. The molecule has 8 heteroatoms. The average Bonchev–Trinajstić information content (AvgIpc) is 1.98. The third-order valence-corrected chi connectivity index (χ3v) is 2.05. The van der Waals surface area contributed by atoms with Crippen LogP contribution in [-0.2, 0) is 14.9 Å². The second kappa shape index (κ2) is 3.04. The van der Waals surface area contributed by atoms with Gasteiger partial charge in [0.05, 0.1) is 0 Å². The Morgan fingerprint density at radius 3 is 2.38 bits per heavy atom. The zero-order valence-corrected chi connectivity index (χ0v) is 6.69. The zero-order chi connectivity index (χ0) is 10.2. The van der Waals surface area contributed by atoms with E-state index in [-0.39, 0.29) is 6.26 Å². The number of hydrogen-bond acceptors (Lipinski definition) is 3. The third kappa shape index (κ3) is 1.83. The molecule has 1 unspecified atom stereocenters. The van der Waals surface area contributed by atoms with E-state index in [4.69, 9.17) is 4.55 Å². The molecular weight excluding hydrogens is 213 g/mol. The van der Waals surface area contributed by atoms with Crippen LogP contribution in [0, 0.1) is 0 Å². The highest BCUT2D eigenvalue weighted by Gasteiger charge is 2.36. The van der Waals surface area contributed by atoms with Gasteiger partial charge in [0, 0.05) is 0 Å². The van der Waals surface area contributed by atoms with Gasteiger partial charge in [-0.2, -0.15) is 8.42 Å². The van der Waals surface area contributed by atoms with Gasteiger partial charge in [0.25, 0.3) is 5.44 Å². The molecule has 0 fully saturated rings. The minimum absolute atomic E-state index is 0.0663. The summed E-state index contributed by atoms with van der Waals surface area (Å²) in [5.74, 6) is -5.67. The molecule has 0 bridgehead atoms. The van der Waals surface area contributed by atoms with Gasteiger partial charge in [-0.3, -0.25) is 4.55 Å². The van der Waals surface area contributed by atoms with Gasteiger partial charge in [-0.05, 0) is 0 Å². The molecule has 1 atom stereocenters. The molecule has 0 aromatic heterocycles. The van der Waals surface area contributed by atoms with Crippen molar-refractivity contribution in [3.05, 3.63) is 23.7 Å². The monoisotopic (exact) mass is 216 g/mol. The van der Waals surface area contributed by atoms with Crippen LogP contribution in [0.2, 0.25) is 0 Å². The summed E-state index contributed by atoms with van der Waals surface area (Å²) < 4.78 is 69.8. The number of hydrogen-bond donors (Lipinski definition) is 1. The number of halogens is 3. The lowest BCUT2D eigenvalue weighted by Gasteiger charge is -2.15. The average molecular weight is 216 g/mol. The second-order valence-corrected chi connectivity index (χ2v) is 3.57. The number of allylic oxidation sites excluding steroid dienone is 2. The standard InChI is InChI=1S/C5H3F3O4S/c6-2-1-12-5(13(9,10)11)4(8)3(2)7/h1,5H,(H,9,10,11). The highest BCUT2D eigenvalue weighted by atomic mass is 32.2. The van der Waals surface area contributed by atoms with Crippen molar-refractivity contribution in [2.75, 3.05) is 0 Å². The predicted octanol–water partition coefficient (Wildman–Crippen LogP) is 1.19. The minimum atomic E-state index is -4.94. The van der Waals surface area contributed by atoms with E-state index in [0.717, 1.165) is 0 Å². The lowest BCUT2D eigenvalue weighted by molar-refractivity contribution is 0.179. The Morgan fingerprint density at radius 2 is 1.92 bits per heavy atom. The van der Waals surface area contributed by atoms with Crippen molar-refractivity contribution in [2.24, 2.45) is 0 Å². The molecule has 0 aromatic carbocycles. The summed E-state index contributed by atoms with van der Waals surface area (Å²) >= 11 is 0. The molecule has 1 heterocycles. The lowest BCUT2D eigenvalue weighted by atomic mass is 10.4. The van der Waals surface area contributed by atoms with E-state index < -0.39 is 33.0 Å². The van der Waals surface area contributed by atoms with Crippen LogP contribution in [0.15, 0.2) is 23.7 Å². The first-order chi connectivity index (χ1) is 5.84. The second-order valence-electron chi connectivity index (χ2n) is 2.11. The largest absolute Gasteiger partial charge is 0.469 e. The van der Waals surface area contributed by atoms with Crippen LogP contribution < -0.4 is 0 Å². The normalized spacial score (nSPS) is 24.0. The summed E-state index contributed by atoms with van der Waals surface area (Å²) in [6, 6.07) is 0. The summed E-state index contributed by atoms with van der Waals surface area (Å²) in [5.41, 5.74) is -2.52. The molecular formula is C5H3F3O4S. The number of rotatable bonds is 1. The van der Waals surface area contributed by atoms with Gasteiger partial charge in [0.1, 0.15) is 6.26 Å². The minimum Gasteiger partial charge on any atom is -0.469 e. The van der Waals surface area contributed by atoms with Gasteiger partial charge in [0.2, 0.25) is 0 Å². The van der Waals surface area contributed by atoms with Crippen LogP contribution in [0.1, 0.15) is 0 Å². The molecule has 74 valence electrons. The van der Waals surface area contributed by atoms with Crippen LogP contribution in [0.5, 0.6) is 0 Å². The molecule has 13 heavy (non-hydrogen) atoms. The highest BCUT2D eigenvalue weighted by molar-refractivity contribution is 7.86. The highest BCUT2D eigenvalue weighted by Crippen LogP contribution is 2.29. The van der Waals surface area contributed by atoms with Gasteiger partial charge in [-0.15, -0.1) is 0 Å². The summed E-state index contributed by atoms with van der Waals surface area (Å²) in [6.45, 7) is 0. The summed E-state index contributed by atoms with van der Waals surface area (Å²) in [4.78, 5) is 0. The number of ether oxygens (including phenoxy) is 1. The van der Waals surface area contributed by atoms with Gasteiger partial charge < -0.3 is 4.74 Å². The molecule has 0 aromatic rings. The van der Waals surface area contributed by atoms with Gasteiger partial charge in [-0.25, -0.2) is 13.2 Å². The molecule has 0 saturated heterocycles. The Labute approximate surface area is 71.1 Å². The molecule has 0 radical (unpaired) electrons. The Hall–Kier alpha value is -1.02. The maximum absolute atomic E-state index is 12.5. The molecule has 0 amide bonds. The summed E-state index contributed by atoms with van der Waals surface area (Å²) in [6.07, 6.45) is 0.0663. The molecule has 1 N–H and O–H groups in total. The van der Waals surface area contributed by atoms with E-state index in [0.29, 0.717) is 0 Å². The molecule has 4 nitrogen and oxygen atoms in total. The topological polar surface area (TPSA) is 63.6 Å². The smallest absolute Gasteiger partial charge is 0.310 e. The Morgan fingerprint density at radius 1 is 1.38 bits per heavy atom. The molecule has 0 aliphatic carbocycles. The SMILES string of the molecule is O=S(=O)(O)C1OC=C(F)C(F)=C1F. The van der Waals surface area contributed by atoms with Gasteiger partial charge >= 0.3 is 10.1 Å². The molecule has 1 aliphatic rings. The van der Waals surface area contributed by atoms with Crippen LogP contribution in [0.4, 0.5) is 13.2 Å². The molecule has 0 spiro atoms. The maximum Gasteiger partial charge on any atom is 0.310 e. The first-order valence-corrected chi connectivity index (χ1v) is 4.37. The quantitative estimate of drug-likeness (QED) is 0.668. The van der Waals surface area contributed by atoms with Crippen LogP contribution in [-0.4, -0.2) is 18.4 Å². The van der Waals surface area contributed by atoms with Crippen molar-refractivity contribution >= 4 is 10.1 Å². The van der Waals surface area contributed by atoms with Crippen molar-refractivity contribution in [3.63, 3.8) is 0 Å². The summed E-state index contributed by atoms with van der Waals surface area (Å²) in [7, 11) is -4.94. The van der Waals surface area contributed by atoms with Crippen molar-refractivity contribution in [1.82, 2.24) is 0 Å². The van der Waals surface area contributed by atoms with E-state index >= 15 is 0 Å². The predicted molar refractivity (Wildman–Crippen MR) is 34.9 cm³/mol. The fourth-order valence-electron chi connectivity index (χ4n) is 0.652. The van der Waals surface area contributed by atoms with Crippen molar-refractivity contribution < 1.29 is 30.9 Å². The fraction of sp³-hybridized carbons (Fsp3) is 0.200. The van der Waals surface area contributed by atoms with Crippen molar-refractivity contribution in [1.29, 1.82) is 0 Å². The molecule has 1 aliphatic heterocycles. The van der Waals surface area contributed by atoms with Crippen LogP contribution in [0.25, 0.3) is 0 Å². The van der Waals surface area contributed by atoms with Crippen molar-refractivity contribution in [3.8, 4) is 0 Å². The Bertz CT molecular complexity index is 383. The van der Waals surface area contributed by atoms with E-state index in [9.17, 15) is 21.6 Å². The maximum atomic E-state index is 12.5. The molecule has 0 saturated carbocycles. The van der Waals surface area contributed by atoms with E-state index in [1.54, 1.807) is 0 Å². The van der Waals surface area contributed by atoms with E-state index in [2.05, 4.69) is 4.74 Å². The van der Waals surface area contributed by atoms with Crippen LogP contribution in [0.3, 0.4) is 0 Å². The Balaban J connectivity index is 3.14. The first kappa shape index (κ1) is 10.1.